The molecule has 2 rings (SSSR count). The van der Waals surface area contributed by atoms with Gasteiger partial charge in [-0.3, -0.25) is 0 Å². The third-order valence-electron chi connectivity index (χ3n) is 3.05. The second-order valence-electron chi connectivity index (χ2n) is 4.00. The van der Waals surface area contributed by atoms with E-state index in [4.69, 9.17) is 11.1 Å². The number of allylic oxidation sites excluding steroid dienone is 1. The van der Waals surface area contributed by atoms with E-state index in [0.717, 1.165) is 30.5 Å². The van der Waals surface area contributed by atoms with Gasteiger partial charge in [0, 0.05) is 27.2 Å². The van der Waals surface area contributed by atoms with Crippen molar-refractivity contribution in [2.75, 3.05) is 0 Å². The zero-order valence-electron chi connectivity index (χ0n) is 9.18. The highest BCUT2D eigenvalue weighted by Gasteiger charge is 2.19. The predicted octanol–water partition coefficient (Wildman–Crippen LogP) is 3.02. The third kappa shape index (κ3) is 1.61. The van der Waals surface area contributed by atoms with Crippen molar-refractivity contribution in [2.24, 2.45) is 5.73 Å². The van der Waals surface area contributed by atoms with E-state index in [0.29, 0.717) is 0 Å². The van der Waals surface area contributed by atoms with Crippen molar-refractivity contribution in [3.63, 3.8) is 0 Å². The molecule has 0 saturated heterocycles. The monoisotopic (exact) mass is 220 g/mol. The maximum atomic E-state index is 7.38. The Balaban J connectivity index is 2.67. The Bertz CT molecular complexity index is 441. The first-order chi connectivity index (χ1) is 7.15. The van der Waals surface area contributed by atoms with Crippen molar-refractivity contribution in [2.45, 2.75) is 33.1 Å². The highest BCUT2D eigenvalue weighted by atomic mass is 32.1. The minimum absolute atomic E-state index is 0.833. The van der Waals surface area contributed by atoms with Crippen molar-refractivity contribution in [1.82, 2.24) is 0 Å². The van der Waals surface area contributed by atoms with Crippen molar-refractivity contribution < 1.29 is 0 Å². The van der Waals surface area contributed by atoms with Crippen LogP contribution in [0.25, 0.3) is 5.70 Å². The summed E-state index contributed by atoms with van der Waals surface area (Å²) < 4.78 is 0. The van der Waals surface area contributed by atoms with E-state index in [1.165, 1.54) is 27.1 Å². The van der Waals surface area contributed by atoms with Crippen molar-refractivity contribution in [3.05, 3.63) is 26.5 Å². The Morgan fingerprint density at radius 2 is 2.00 bits per heavy atom. The van der Waals surface area contributed by atoms with Crippen LogP contribution in [-0.4, -0.2) is 6.21 Å². The minimum Gasteiger partial charge on any atom is -0.398 e. The average molecular weight is 220 g/mol. The van der Waals surface area contributed by atoms with E-state index in [-0.39, 0.29) is 0 Å². The Morgan fingerprint density at radius 1 is 1.27 bits per heavy atom. The summed E-state index contributed by atoms with van der Waals surface area (Å²) in [5, 5.41) is 7.38. The second-order valence-corrected chi connectivity index (χ2v) is 5.43. The van der Waals surface area contributed by atoms with E-state index >= 15 is 0 Å². The van der Waals surface area contributed by atoms with E-state index < -0.39 is 0 Å². The summed E-state index contributed by atoms with van der Waals surface area (Å²) in [5.41, 5.74) is 10.6. The zero-order chi connectivity index (χ0) is 11.0. The number of hydrogen-bond donors (Lipinski definition) is 2. The molecule has 0 unspecified atom stereocenters. The van der Waals surface area contributed by atoms with Crippen LogP contribution in [0.5, 0.6) is 0 Å². The summed E-state index contributed by atoms with van der Waals surface area (Å²) in [4.78, 5) is 2.68. The predicted molar refractivity (Wildman–Crippen MR) is 66.6 cm³/mol. The number of rotatable bonds is 1. The molecule has 0 radical (unpaired) electrons. The SMILES string of the molecule is Cc1sc(C)c2c1CCCC(C=N)=C2N. The lowest BCUT2D eigenvalue weighted by molar-refractivity contribution is 0.839. The molecule has 3 N–H and O–H groups in total. The Labute approximate surface area is 94.3 Å². The van der Waals surface area contributed by atoms with Gasteiger partial charge in [0.25, 0.3) is 0 Å². The Morgan fingerprint density at radius 3 is 2.67 bits per heavy atom. The van der Waals surface area contributed by atoms with Crippen LogP contribution in [0.2, 0.25) is 0 Å². The molecule has 1 aliphatic rings. The number of fused-ring (bicyclic) bond motifs is 1. The Kier molecular flexibility index (Phi) is 2.65. The molecule has 1 aromatic heterocycles. The normalized spacial score (nSPS) is 16.1. The number of nitrogens with one attached hydrogen (secondary N) is 1. The molecule has 2 nitrogen and oxygen atoms in total. The molecule has 1 aromatic rings. The van der Waals surface area contributed by atoms with Crippen LogP contribution in [0.15, 0.2) is 5.57 Å². The fourth-order valence-corrected chi connectivity index (χ4v) is 3.41. The molecule has 0 spiro atoms. The first kappa shape index (κ1) is 10.4. The van der Waals surface area contributed by atoms with Gasteiger partial charge in [-0.2, -0.15) is 0 Å². The molecular formula is C12H16N2S. The van der Waals surface area contributed by atoms with E-state index in [1.807, 2.05) is 11.3 Å². The van der Waals surface area contributed by atoms with Gasteiger partial charge in [0.15, 0.2) is 0 Å². The van der Waals surface area contributed by atoms with Crippen LogP contribution in [0.1, 0.15) is 33.7 Å². The molecule has 15 heavy (non-hydrogen) atoms. The average Bonchev–Trinajstić information content (AvgIpc) is 2.39. The van der Waals surface area contributed by atoms with Gasteiger partial charge in [-0.05, 0) is 44.2 Å². The van der Waals surface area contributed by atoms with Crippen LogP contribution in [0, 0.1) is 19.3 Å². The molecule has 1 aliphatic carbocycles. The highest BCUT2D eigenvalue weighted by Crippen LogP contribution is 2.35. The standard InChI is InChI=1S/C12H16N2S/c1-7-10-5-3-4-9(6-13)12(14)11(10)8(2)15-7/h6,13H,3-5,14H2,1-2H3. The molecule has 0 saturated carbocycles. The van der Waals surface area contributed by atoms with Crippen molar-refractivity contribution in [1.29, 1.82) is 5.41 Å². The zero-order valence-corrected chi connectivity index (χ0v) is 10.0. The third-order valence-corrected chi connectivity index (χ3v) is 4.11. The van der Waals surface area contributed by atoms with Crippen LogP contribution < -0.4 is 5.73 Å². The number of nitrogens with two attached hydrogens (primary N) is 1. The number of hydrogen-bond acceptors (Lipinski definition) is 3. The molecule has 3 heteroatoms. The van der Waals surface area contributed by atoms with Crippen LogP contribution >= 0.6 is 11.3 Å². The second kappa shape index (κ2) is 3.81. The lowest BCUT2D eigenvalue weighted by Crippen LogP contribution is -2.02. The van der Waals surface area contributed by atoms with E-state index in [1.54, 1.807) is 0 Å². The smallest absolute Gasteiger partial charge is 0.0449 e. The summed E-state index contributed by atoms with van der Waals surface area (Å²) in [6.07, 6.45) is 4.56. The number of aryl methyl sites for hydroxylation is 2. The van der Waals surface area contributed by atoms with Gasteiger partial charge < -0.3 is 11.1 Å². The molecule has 0 aliphatic heterocycles. The van der Waals surface area contributed by atoms with Crippen LogP contribution in [0.4, 0.5) is 0 Å². The van der Waals surface area contributed by atoms with Gasteiger partial charge in [0.1, 0.15) is 0 Å². The molecule has 0 amide bonds. The summed E-state index contributed by atoms with van der Waals surface area (Å²) in [7, 11) is 0. The molecule has 0 atom stereocenters. The first-order valence-corrected chi connectivity index (χ1v) is 6.05. The summed E-state index contributed by atoms with van der Waals surface area (Å²) in [6.45, 7) is 4.29. The first-order valence-electron chi connectivity index (χ1n) is 5.23. The molecule has 80 valence electrons. The summed E-state index contributed by atoms with van der Waals surface area (Å²) >= 11 is 1.82. The lowest BCUT2D eigenvalue weighted by atomic mass is 10.0. The number of thiophene rings is 1. The molecular weight excluding hydrogens is 204 g/mol. The highest BCUT2D eigenvalue weighted by molar-refractivity contribution is 7.12. The van der Waals surface area contributed by atoms with Gasteiger partial charge >= 0.3 is 0 Å². The largest absolute Gasteiger partial charge is 0.398 e. The molecule has 0 bridgehead atoms. The van der Waals surface area contributed by atoms with E-state index in [9.17, 15) is 0 Å². The maximum Gasteiger partial charge on any atom is 0.0449 e. The molecule has 0 aromatic carbocycles. The fourth-order valence-electron chi connectivity index (χ4n) is 2.28. The molecule has 1 heterocycles. The quantitative estimate of drug-likeness (QED) is 0.702. The van der Waals surface area contributed by atoms with Crippen LogP contribution in [-0.2, 0) is 6.42 Å². The van der Waals surface area contributed by atoms with Gasteiger partial charge in [0.2, 0.25) is 0 Å². The topological polar surface area (TPSA) is 49.9 Å². The molecule has 0 fully saturated rings. The van der Waals surface area contributed by atoms with Crippen molar-refractivity contribution >= 4 is 23.2 Å². The van der Waals surface area contributed by atoms with Crippen LogP contribution in [0.3, 0.4) is 0 Å². The van der Waals surface area contributed by atoms with Gasteiger partial charge in [-0.25, -0.2) is 0 Å². The lowest BCUT2D eigenvalue weighted by Gasteiger charge is -2.05. The maximum absolute atomic E-state index is 7.38. The van der Waals surface area contributed by atoms with Gasteiger partial charge in [-0.1, -0.05) is 0 Å². The van der Waals surface area contributed by atoms with Gasteiger partial charge in [-0.15, -0.1) is 11.3 Å². The van der Waals surface area contributed by atoms with Gasteiger partial charge in [0.05, 0.1) is 0 Å². The Hall–Kier alpha value is -1.09. The fraction of sp³-hybridized carbons (Fsp3) is 0.417. The minimum atomic E-state index is 0.833. The van der Waals surface area contributed by atoms with E-state index in [2.05, 4.69) is 13.8 Å². The van der Waals surface area contributed by atoms with Crippen molar-refractivity contribution in [3.8, 4) is 0 Å². The summed E-state index contributed by atoms with van der Waals surface area (Å²) in [5.74, 6) is 0. The summed E-state index contributed by atoms with van der Waals surface area (Å²) in [6, 6.07) is 0.